The fraction of sp³-hybridized carbons (Fsp3) is 0. The molecule has 0 aliphatic rings. The van der Waals surface area contributed by atoms with Gasteiger partial charge < -0.3 is 9.13 Å². The molecule has 9 aromatic rings. The first-order valence-corrected chi connectivity index (χ1v) is 16.3. The SMILES string of the molecule is [C-]#[N+]c1cccc2c3ccccc3n(-c3ccccc3-c3cccc(-c4ccc(C#N)c(-n5c6ccccc6c6cc(C#N)ccc65)c4)c3)c12. The van der Waals surface area contributed by atoms with E-state index < -0.39 is 0 Å². The first-order chi connectivity index (χ1) is 24.7. The molecule has 0 aliphatic carbocycles. The van der Waals surface area contributed by atoms with Crippen LogP contribution < -0.4 is 0 Å². The zero-order valence-corrected chi connectivity index (χ0v) is 26.7. The van der Waals surface area contributed by atoms with Crippen molar-refractivity contribution in [2.24, 2.45) is 0 Å². The first kappa shape index (κ1) is 28.8. The molecule has 0 N–H and O–H groups in total. The van der Waals surface area contributed by atoms with Crippen LogP contribution in [0.15, 0.2) is 152 Å². The third kappa shape index (κ3) is 4.31. The highest BCUT2D eigenvalue weighted by molar-refractivity contribution is 6.14. The summed E-state index contributed by atoms with van der Waals surface area (Å²) < 4.78 is 4.35. The molecule has 0 atom stereocenters. The number of para-hydroxylation sites is 4. The highest BCUT2D eigenvalue weighted by Crippen LogP contribution is 2.41. The summed E-state index contributed by atoms with van der Waals surface area (Å²) in [5.74, 6) is 0. The summed E-state index contributed by atoms with van der Waals surface area (Å²) in [7, 11) is 0. The molecule has 0 radical (unpaired) electrons. The van der Waals surface area contributed by atoms with Gasteiger partial charge >= 0.3 is 0 Å². The first-order valence-electron chi connectivity index (χ1n) is 16.3. The van der Waals surface area contributed by atoms with Crippen molar-refractivity contribution in [1.82, 2.24) is 9.13 Å². The van der Waals surface area contributed by atoms with Gasteiger partial charge in [-0.2, -0.15) is 10.5 Å². The number of fused-ring (bicyclic) bond motifs is 6. The summed E-state index contributed by atoms with van der Waals surface area (Å²) in [6.07, 6.45) is 0. The molecule has 9 rings (SSSR count). The normalized spacial score (nSPS) is 11.1. The van der Waals surface area contributed by atoms with E-state index in [2.05, 4.69) is 105 Å². The molecule has 7 aromatic carbocycles. The van der Waals surface area contributed by atoms with Crippen molar-refractivity contribution in [1.29, 1.82) is 10.5 Å². The van der Waals surface area contributed by atoms with E-state index in [4.69, 9.17) is 6.57 Å². The third-order valence-electron chi connectivity index (χ3n) is 9.61. The molecule has 5 heteroatoms. The van der Waals surface area contributed by atoms with Crippen LogP contribution in [0.3, 0.4) is 0 Å². The molecule has 0 unspecified atom stereocenters. The second kappa shape index (κ2) is 11.4. The minimum atomic E-state index is 0.559. The van der Waals surface area contributed by atoms with Crippen LogP contribution in [0, 0.1) is 29.2 Å². The Morgan fingerprint density at radius 2 is 1.14 bits per heavy atom. The fourth-order valence-corrected chi connectivity index (χ4v) is 7.41. The summed E-state index contributed by atoms with van der Waals surface area (Å²) in [4.78, 5) is 3.92. The molecule has 0 fully saturated rings. The van der Waals surface area contributed by atoms with Crippen LogP contribution in [-0.2, 0) is 0 Å². The van der Waals surface area contributed by atoms with E-state index in [0.717, 1.165) is 77.2 Å². The fourth-order valence-electron chi connectivity index (χ4n) is 7.41. The van der Waals surface area contributed by atoms with Crippen molar-refractivity contribution in [2.45, 2.75) is 0 Å². The molecule has 2 aromatic heterocycles. The number of hydrogen-bond acceptors (Lipinski definition) is 2. The lowest BCUT2D eigenvalue weighted by atomic mass is 9.96. The maximum Gasteiger partial charge on any atom is 0.211 e. The highest BCUT2D eigenvalue weighted by atomic mass is 15.0. The minimum Gasteiger partial charge on any atom is -0.318 e. The monoisotopic (exact) mass is 635 g/mol. The van der Waals surface area contributed by atoms with Crippen molar-refractivity contribution < 1.29 is 0 Å². The maximum atomic E-state index is 10.3. The Labute approximate surface area is 288 Å². The molecule has 0 aliphatic heterocycles. The number of aromatic nitrogens is 2. The molecular weight excluding hydrogens is 611 g/mol. The van der Waals surface area contributed by atoms with Gasteiger partial charge in [-0.3, -0.25) is 0 Å². The molecule has 2 heterocycles. The number of nitriles is 2. The van der Waals surface area contributed by atoms with Gasteiger partial charge in [-0.15, -0.1) is 0 Å². The summed E-state index contributed by atoms with van der Waals surface area (Å²) in [6, 6.07) is 55.6. The zero-order valence-electron chi connectivity index (χ0n) is 26.7. The number of rotatable bonds is 4. The van der Waals surface area contributed by atoms with E-state index in [1.54, 1.807) is 0 Å². The van der Waals surface area contributed by atoms with E-state index in [9.17, 15) is 10.5 Å². The molecule has 50 heavy (non-hydrogen) atoms. The van der Waals surface area contributed by atoms with E-state index in [-0.39, 0.29) is 0 Å². The topological polar surface area (TPSA) is 61.8 Å². The van der Waals surface area contributed by atoms with Crippen molar-refractivity contribution in [3.8, 4) is 45.8 Å². The Balaban J connectivity index is 1.24. The summed E-state index contributed by atoms with van der Waals surface area (Å²) in [5.41, 5.74) is 11.5. The molecule has 0 saturated carbocycles. The smallest absolute Gasteiger partial charge is 0.211 e. The van der Waals surface area contributed by atoms with E-state index >= 15 is 0 Å². The molecule has 0 spiro atoms. The summed E-state index contributed by atoms with van der Waals surface area (Å²) >= 11 is 0. The third-order valence-corrected chi connectivity index (χ3v) is 9.61. The van der Waals surface area contributed by atoms with Gasteiger partial charge in [0.25, 0.3) is 0 Å². The highest BCUT2D eigenvalue weighted by Gasteiger charge is 2.19. The van der Waals surface area contributed by atoms with Crippen molar-refractivity contribution >= 4 is 49.3 Å². The van der Waals surface area contributed by atoms with Crippen LogP contribution in [0.2, 0.25) is 0 Å². The van der Waals surface area contributed by atoms with Gasteiger partial charge in [0.05, 0.1) is 57.2 Å². The van der Waals surface area contributed by atoms with Crippen molar-refractivity contribution in [2.75, 3.05) is 0 Å². The zero-order chi connectivity index (χ0) is 33.8. The largest absolute Gasteiger partial charge is 0.318 e. The van der Waals surface area contributed by atoms with E-state index in [0.29, 0.717) is 16.8 Å². The molecule has 230 valence electrons. The second-order valence-electron chi connectivity index (χ2n) is 12.3. The van der Waals surface area contributed by atoms with Crippen LogP contribution in [0.4, 0.5) is 5.69 Å². The Kier molecular flexibility index (Phi) is 6.56. The number of benzene rings is 7. The Morgan fingerprint density at radius 1 is 0.480 bits per heavy atom. The van der Waals surface area contributed by atoms with Gasteiger partial charge in [0.15, 0.2) is 0 Å². The lowest BCUT2D eigenvalue weighted by Crippen LogP contribution is -1.99. The minimum absolute atomic E-state index is 0.559. The van der Waals surface area contributed by atoms with Crippen molar-refractivity contribution in [3.63, 3.8) is 0 Å². The lowest BCUT2D eigenvalue weighted by molar-refractivity contribution is 1.17. The van der Waals surface area contributed by atoms with Crippen LogP contribution in [0.25, 0.3) is 82.1 Å². The summed E-state index contributed by atoms with van der Waals surface area (Å²) in [6.45, 7) is 7.98. The van der Waals surface area contributed by atoms with E-state index in [1.807, 2.05) is 72.8 Å². The van der Waals surface area contributed by atoms with Crippen molar-refractivity contribution in [3.05, 3.63) is 174 Å². The van der Waals surface area contributed by atoms with Gasteiger partial charge in [-0.05, 0) is 76.7 Å². The van der Waals surface area contributed by atoms with Gasteiger partial charge in [-0.1, -0.05) is 97.1 Å². The van der Waals surface area contributed by atoms with Gasteiger partial charge in [0, 0.05) is 21.7 Å². The predicted octanol–water partition coefficient (Wildman–Crippen LogP) is 11.5. The van der Waals surface area contributed by atoms with Gasteiger partial charge in [0.2, 0.25) is 5.69 Å². The molecular formula is C45H25N5. The Morgan fingerprint density at radius 3 is 1.94 bits per heavy atom. The standard InChI is InChI=1S/C45H25N5/c1-48-39-16-9-15-37-35-13-3-7-19-42(35)50(45(37)39)40-17-5-2-12-34(40)32-11-8-10-30(25-32)31-21-22-33(28-47)44(26-31)49-41-18-6-4-14-36(41)38-24-29(27-46)20-23-43(38)49/h2-26H. The summed E-state index contributed by atoms with van der Waals surface area (Å²) in [5, 5.41) is 24.1. The predicted molar refractivity (Wildman–Crippen MR) is 202 cm³/mol. The molecule has 0 amide bonds. The number of nitrogens with zero attached hydrogens (tertiary/aromatic N) is 5. The van der Waals surface area contributed by atoms with Crippen LogP contribution >= 0.6 is 0 Å². The van der Waals surface area contributed by atoms with Crippen LogP contribution in [0.1, 0.15) is 11.1 Å². The molecule has 0 bridgehead atoms. The van der Waals surface area contributed by atoms with Gasteiger partial charge in [-0.25, -0.2) is 4.85 Å². The molecule has 0 saturated heterocycles. The molecule has 5 nitrogen and oxygen atoms in total. The van der Waals surface area contributed by atoms with Crippen LogP contribution in [0.5, 0.6) is 0 Å². The maximum absolute atomic E-state index is 10.3. The average molecular weight is 636 g/mol. The lowest BCUT2D eigenvalue weighted by Gasteiger charge is -2.16. The Bertz CT molecular complexity index is 2970. The number of hydrogen-bond donors (Lipinski definition) is 0. The van der Waals surface area contributed by atoms with Gasteiger partial charge in [0.1, 0.15) is 6.07 Å². The van der Waals surface area contributed by atoms with Crippen LogP contribution in [-0.4, -0.2) is 9.13 Å². The average Bonchev–Trinajstić information content (AvgIpc) is 3.70. The quantitative estimate of drug-likeness (QED) is 0.181. The van der Waals surface area contributed by atoms with E-state index in [1.165, 1.54) is 0 Å². The second-order valence-corrected chi connectivity index (χ2v) is 12.3. The Hall–Kier alpha value is -7.39.